The molecule has 1 N–H and O–H groups in total. The smallest absolute Gasteiger partial charge is 0.124 e. The van der Waals surface area contributed by atoms with Gasteiger partial charge in [-0.1, -0.05) is 29.8 Å². The molecule has 0 heterocycles. The van der Waals surface area contributed by atoms with E-state index in [-0.39, 0.29) is 5.82 Å². The van der Waals surface area contributed by atoms with Gasteiger partial charge in [-0.2, -0.15) is 0 Å². The van der Waals surface area contributed by atoms with E-state index < -0.39 is 0 Å². The molecule has 0 saturated carbocycles. The Hall–Kier alpha value is -0.900. The molecule has 0 atom stereocenters. The molecule has 0 aliphatic carbocycles. The van der Waals surface area contributed by atoms with Crippen LogP contribution < -0.4 is 5.32 Å². The average molecular weight is 258 g/mol. The second-order valence-electron chi connectivity index (χ2n) is 3.92. The minimum Gasteiger partial charge on any atom is -0.376 e. The summed E-state index contributed by atoms with van der Waals surface area (Å²) in [6.07, 6.45) is 0. The fourth-order valence-electron chi connectivity index (χ4n) is 1.28. The number of nitrogens with one attached hydrogen (secondary N) is 1. The number of hydrogen-bond donors (Lipinski definition) is 1. The summed E-state index contributed by atoms with van der Waals surface area (Å²) in [5.41, 5.74) is 1.89. The number of benzene rings is 1. The highest BCUT2D eigenvalue weighted by Crippen LogP contribution is 2.16. The molecule has 0 saturated heterocycles. The first kappa shape index (κ1) is 14.2. The summed E-state index contributed by atoms with van der Waals surface area (Å²) in [6.45, 7) is 8.19. The largest absolute Gasteiger partial charge is 0.376 e. The van der Waals surface area contributed by atoms with Gasteiger partial charge in [-0.15, -0.1) is 0 Å². The van der Waals surface area contributed by atoms with Crippen LogP contribution in [0, 0.1) is 5.82 Å². The van der Waals surface area contributed by atoms with E-state index in [0.717, 1.165) is 17.7 Å². The first-order valence-corrected chi connectivity index (χ1v) is 5.84. The Kier molecular flexibility index (Phi) is 6.19. The molecule has 0 amide bonds. The molecule has 1 aromatic carbocycles. The van der Waals surface area contributed by atoms with E-state index in [1.54, 1.807) is 6.07 Å². The summed E-state index contributed by atoms with van der Waals surface area (Å²) in [4.78, 5) is 0. The van der Waals surface area contributed by atoms with Gasteiger partial charge in [0.1, 0.15) is 5.82 Å². The second-order valence-corrected chi connectivity index (χ2v) is 4.33. The lowest BCUT2D eigenvalue weighted by atomic mass is 10.2. The van der Waals surface area contributed by atoms with E-state index in [1.165, 1.54) is 12.1 Å². The Morgan fingerprint density at radius 3 is 2.94 bits per heavy atom. The third-order valence-electron chi connectivity index (χ3n) is 2.10. The van der Waals surface area contributed by atoms with E-state index in [2.05, 4.69) is 11.9 Å². The van der Waals surface area contributed by atoms with E-state index in [4.69, 9.17) is 16.3 Å². The van der Waals surface area contributed by atoms with Gasteiger partial charge in [0.25, 0.3) is 0 Å². The van der Waals surface area contributed by atoms with Crippen LogP contribution in [0.4, 0.5) is 4.39 Å². The lowest BCUT2D eigenvalue weighted by Gasteiger charge is -2.07. The molecule has 4 heteroatoms. The highest BCUT2D eigenvalue weighted by molar-refractivity contribution is 6.31. The minimum absolute atomic E-state index is 0.316. The van der Waals surface area contributed by atoms with Crippen LogP contribution in [0.15, 0.2) is 30.4 Å². The molecule has 0 aromatic heterocycles. The number of halogens is 2. The lowest BCUT2D eigenvalue weighted by Crippen LogP contribution is -2.19. The lowest BCUT2D eigenvalue weighted by molar-refractivity contribution is 0.158. The van der Waals surface area contributed by atoms with Crippen LogP contribution in [0.3, 0.4) is 0 Å². The molecule has 1 aromatic rings. The monoisotopic (exact) mass is 257 g/mol. The van der Waals surface area contributed by atoms with Gasteiger partial charge < -0.3 is 10.1 Å². The fraction of sp³-hybridized carbons (Fsp3) is 0.385. The Morgan fingerprint density at radius 1 is 1.53 bits per heavy atom. The van der Waals surface area contributed by atoms with Crippen molar-refractivity contribution in [1.82, 2.24) is 5.32 Å². The highest BCUT2D eigenvalue weighted by atomic mass is 35.5. The maximum absolute atomic E-state index is 12.8. The maximum Gasteiger partial charge on any atom is 0.124 e. The van der Waals surface area contributed by atoms with Gasteiger partial charge >= 0.3 is 0 Å². The summed E-state index contributed by atoms with van der Waals surface area (Å²) >= 11 is 5.89. The average Bonchev–Trinajstić information content (AvgIpc) is 2.25. The van der Waals surface area contributed by atoms with Crippen LogP contribution in [0.25, 0.3) is 0 Å². The molecular weight excluding hydrogens is 241 g/mol. The minimum atomic E-state index is -0.316. The molecule has 0 aliphatic heterocycles. The van der Waals surface area contributed by atoms with Crippen LogP contribution in [0.5, 0.6) is 0 Å². The van der Waals surface area contributed by atoms with Crippen molar-refractivity contribution in [2.45, 2.75) is 13.5 Å². The zero-order valence-corrected chi connectivity index (χ0v) is 10.7. The van der Waals surface area contributed by atoms with Gasteiger partial charge in [0, 0.05) is 18.1 Å². The molecule has 0 spiro atoms. The third-order valence-corrected chi connectivity index (χ3v) is 2.45. The van der Waals surface area contributed by atoms with Gasteiger partial charge in [0.15, 0.2) is 0 Å². The van der Waals surface area contributed by atoms with E-state index in [0.29, 0.717) is 24.8 Å². The number of ether oxygens (including phenoxy) is 1. The Balaban J connectivity index is 2.20. The molecule has 1 rings (SSSR count). The second kappa shape index (κ2) is 7.43. The Bertz CT molecular complexity index is 382. The summed E-state index contributed by atoms with van der Waals surface area (Å²) in [5, 5.41) is 3.62. The van der Waals surface area contributed by atoms with Crippen molar-refractivity contribution >= 4 is 11.6 Å². The van der Waals surface area contributed by atoms with Gasteiger partial charge in [-0.05, 0) is 24.6 Å². The first-order valence-electron chi connectivity index (χ1n) is 5.46. The van der Waals surface area contributed by atoms with Crippen LogP contribution in [-0.4, -0.2) is 19.8 Å². The quantitative estimate of drug-likeness (QED) is 0.598. The van der Waals surface area contributed by atoms with Crippen LogP contribution in [0.1, 0.15) is 12.5 Å². The Morgan fingerprint density at radius 2 is 2.29 bits per heavy atom. The van der Waals surface area contributed by atoms with Gasteiger partial charge in [-0.25, -0.2) is 4.39 Å². The maximum atomic E-state index is 12.8. The van der Waals surface area contributed by atoms with E-state index in [1.807, 2.05) is 6.92 Å². The SMILES string of the molecule is C=C(C)COCCNCc1ccc(F)cc1Cl. The zero-order valence-electron chi connectivity index (χ0n) is 9.93. The number of hydrogen-bond acceptors (Lipinski definition) is 2. The fourth-order valence-corrected chi connectivity index (χ4v) is 1.51. The van der Waals surface area contributed by atoms with Gasteiger partial charge in [0.2, 0.25) is 0 Å². The van der Waals surface area contributed by atoms with E-state index in [9.17, 15) is 4.39 Å². The van der Waals surface area contributed by atoms with Crippen molar-refractivity contribution in [1.29, 1.82) is 0 Å². The highest BCUT2D eigenvalue weighted by Gasteiger charge is 2.01. The Labute approximate surface area is 106 Å². The van der Waals surface area contributed by atoms with Crippen molar-refractivity contribution in [2.75, 3.05) is 19.8 Å². The van der Waals surface area contributed by atoms with Crippen LogP contribution >= 0.6 is 11.6 Å². The predicted octanol–water partition coefficient (Wildman–Crippen LogP) is 3.16. The molecule has 94 valence electrons. The van der Waals surface area contributed by atoms with Crippen molar-refractivity contribution in [3.63, 3.8) is 0 Å². The summed E-state index contributed by atoms with van der Waals surface area (Å²) < 4.78 is 18.1. The van der Waals surface area contributed by atoms with E-state index >= 15 is 0 Å². The van der Waals surface area contributed by atoms with Crippen LogP contribution in [-0.2, 0) is 11.3 Å². The first-order chi connectivity index (χ1) is 8.09. The van der Waals surface area contributed by atoms with Crippen molar-refractivity contribution < 1.29 is 9.13 Å². The molecule has 0 radical (unpaired) electrons. The number of rotatable bonds is 7. The standard InChI is InChI=1S/C13H17ClFNO/c1-10(2)9-17-6-5-16-8-11-3-4-12(15)7-13(11)14/h3-4,7,16H,1,5-6,8-9H2,2H3. The van der Waals surface area contributed by atoms with Crippen molar-refractivity contribution in [3.05, 3.63) is 46.8 Å². The summed E-state index contributed by atoms with van der Waals surface area (Å²) in [6, 6.07) is 4.40. The van der Waals surface area contributed by atoms with Crippen molar-refractivity contribution in [3.8, 4) is 0 Å². The molecule has 0 bridgehead atoms. The molecule has 0 fully saturated rings. The molecule has 2 nitrogen and oxygen atoms in total. The molecular formula is C13H17ClFNO. The normalized spacial score (nSPS) is 10.5. The van der Waals surface area contributed by atoms with Gasteiger partial charge in [0.05, 0.1) is 13.2 Å². The van der Waals surface area contributed by atoms with Gasteiger partial charge in [-0.3, -0.25) is 0 Å². The summed E-state index contributed by atoms with van der Waals surface area (Å²) in [7, 11) is 0. The van der Waals surface area contributed by atoms with Crippen molar-refractivity contribution in [2.24, 2.45) is 0 Å². The third kappa shape index (κ3) is 5.82. The molecule has 17 heavy (non-hydrogen) atoms. The topological polar surface area (TPSA) is 21.3 Å². The predicted molar refractivity (Wildman–Crippen MR) is 68.7 cm³/mol. The zero-order chi connectivity index (χ0) is 12.7. The molecule has 0 aliphatic rings. The molecule has 0 unspecified atom stereocenters. The van der Waals surface area contributed by atoms with Crippen LogP contribution in [0.2, 0.25) is 5.02 Å². The summed E-state index contributed by atoms with van der Waals surface area (Å²) in [5.74, 6) is -0.316.